The van der Waals surface area contributed by atoms with Gasteiger partial charge in [0, 0.05) is 6.07 Å². The lowest BCUT2D eigenvalue weighted by molar-refractivity contribution is 0.371. The molecule has 0 saturated heterocycles. The monoisotopic (exact) mass is 236 g/mol. The van der Waals surface area contributed by atoms with Crippen LogP contribution in [0.15, 0.2) is 24.4 Å². The van der Waals surface area contributed by atoms with Gasteiger partial charge < -0.3 is 14.2 Å². The molecule has 4 nitrogen and oxygen atoms in total. The van der Waals surface area contributed by atoms with Gasteiger partial charge in [-0.1, -0.05) is 11.3 Å². The molecule has 0 bridgehead atoms. The molecular weight excluding hydrogens is 226 g/mol. The number of hydrogen-bond donors (Lipinski definition) is 0. The summed E-state index contributed by atoms with van der Waals surface area (Å²) in [7, 11) is 3.19. The van der Waals surface area contributed by atoms with Crippen molar-refractivity contribution < 1.29 is 14.2 Å². The summed E-state index contributed by atoms with van der Waals surface area (Å²) in [6, 6.07) is 5.36. The highest BCUT2D eigenvalue weighted by molar-refractivity contribution is 7.11. The van der Waals surface area contributed by atoms with Crippen molar-refractivity contribution in [1.29, 1.82) is 0 Å². The Morgan fingerprint density at radius 3 is 2.69 bits per heavy atom. The molecule has 1 aromatic carbocycles. The molecular formula is C11H10NO3S. The Kier molecular flexibility index (Phi) is 3.26. The Bertz CT molecular complexity index is 456. The van der Waals surface area contributed by atoms with Crippen LogP contribution in [0.25, 0.3) is 0 Å². The molecule has 0 atom stereocenters. The summed E-state index contributed by atoms with van der Waals surface area (Å²) in [5, 5.41) is 0.670. The van der Waals surface area contributed by atoms with E-state index in [0.717, 1.165) is 5.75 Å². The molecule has 2 aromatic rings. The summed E-state index contributed by atoms with van der Waals surface area (Å²) in [6.07, 6.45) is 1.61. The van der Waals surface area contributed by atoms with Crippen molar-refractivity contribution in [2.24, 2.45) is 0 Å². The number of methoxy groups -OCH3 is 2. The molecule has 0 unspecified atom stereocenters. The van der Waals surface area contributed by atoms with Gasteiger partial charge in [0.15, 0.2) is 17.0 Å². The van der Waals surface area contributed by atoms with Gasteiger partial charge in [-0.3, -0.25) is 0 Å². The predicted octanol–water partition coefficient (Wildman–Crippen LogP) is 2.75. The minimum absolute atomic E-state index is 0.618. The SMILES string of the molecule is COc1ccc(Oc2cn[c]s2)c(OC)c1. The van der Waals surface area contributed by atoms with Crippen LogP contribution < -0.4 is 14.2 Å². The highest BCUT2D eigenvalue weighted by Gasteiger charge is 2.07. The van der Waals surface area contributed by atoms with Crippen molar-refractivity contribution in [3.63, 3.8) is 0 Å². The topological polar surface area (TPSA) is 40.6 Å². The first kappa shape index (κ1) is 10.8. The van der Waals surface area contributed by atoms with Crippen LogP contribution in [0.5, 0.6) is 22.3 Å². The number of benzene rings is 1. The van der Waals surface area contributed by atoms with Crippen LogP contribution in [-0.4, -0.2) is 19.2 Å². The van der Waals surface area contributed by atoms with Crippen LogP contribution >= 0.6 is 11.3 Å². The molecule has 0 fully saturated rings. The fraction of sp³-hybridized carbons (Fsp3) is 0.182. The molecule has 1 aromatic heterocycles. The highest BCUT2D eigenvalue weighted by atomic mass is 32.1. The molecule has 16 heavy (non-hydrogen) atoms. The maximum absolute atomic E-state index is 5.58. The van der Waals surface area contributed by atoms with E-state index in [1.165, 1.54) is 11.3 Å². The number of thiazole rings is 1. The number of nitrogens with zero attached hydrogens (tertiary/aromatic N) is 1. The summed E-state index contributed by atoms with van der Waals surface area (Å²) in [4.78, 5) is 3.81. The minimum atomic E-state index is 0.618. The third-order valence-electron chi connectivity index (χ3n) is 1.95. The lowest BCUT2D eigenvalue weighted by Gasteiger charge is -2.09. The van der Waals surface area contributed by atoms with Crippen molar-refractivity contribution in [3.05, 3.63) is 29.9 Å². The maximum Gasteiger partial charge on any atom is 0.201 e. The van der Waals surface area contributed by atoms with E-state index in [-0.39, 0.29) is 0 Å². The quantitative estimate of drug-likeness (QED) is 0.818. The number of rotatable bonds is 4. The molecule has 1 radical (unpaired) electrons. The van der Waals surface area contributed by atoms with Crippen LogP contribution in [0, 0.1) is 5.51 Å². The fourth-order valence-corrected chi connectivity index (χ4v) is 1.62. The van der Waals surface area contributed by atoms with Crippen LogP contribution in [0.4, 0.5) is 0 Å². The predicted molar refractivity (Wildman–Crippen MR) is 60.6 cm³/mol. The normalized spacial score (nSPS) is 9.88. The van der Waals surface area contributed by atoms with Crippen LogP contribution in [0.1, 0.15) is 0 Å². The zero-order chi connectivity index (χ0) is 11.4. The van der Waals surface area contributed by atoms with E-state index >= 15 is 0 Å². The van der Waals surface area contributed by atoms with Gasteiger partial charge in [-0.15, -0.1) is 0 Å². The fourth-order valence-electron chi connectivity index (χ4n) is 1.19. The van der Waals surface area contributed by atoms with Crippen molar-refractivity contribution >= 4 is 11.3 Å². The van der Waals surface area contributed by atoms with Gasteiger partial charge in [0.05, 0.1) is 20.4 Å². The first-order valence-electron chi connectivity index (χ1n) is 4.55. The lowest BCUT2D eigenvalue weighted by atomic mass is 10.3. The second-order valence-electron chi connectivity index (χ2n) is 2.89. The first-order valence-corrected chi connectivity index (χ1v) is 5.37. The van der Waals surface area contributed by atoms with Gasteiger partial charge in [0.1, 0.15) is 5.75 Å². The molecule has 2 rings (SSSR count). The smallest absolute Gasteiger partial charge is 0.201 e. The average Bonchev–Trinajstić information content (AvgIpc) is 2.82. The second-order valence-corrected chi connectivity index (χ2v) is 3.68. The lowest BCUT2D eigenvalue weighted by Crippen LogP contribution is -1.90. The van der Waals surface area contributed by atoms with Gasteiger partial charge in [0.25, 0.3) is 0 Å². The summed E-state index contributed by atoms with van der Waals surface area (Å²) in [5.41, 5.74) is 2.71. The maximum atomic E-state index is 5.58. The zero-order valence-electron chi connectivity index (χ0n) is 8.89. The van der Waals surface area contributed by atoms with E-state index in [1.54, 1.807) is 32.5 Å². The Morgan fingerprint density at radius 1 is 1.19 bits per heavy atom. The number of hydrogen-bond acceptors (Lipinski definition) is 5. The second kappa shape index (κ2) is 4.85. The molecule has 1 heterocycles. The number of ether oxygens (including phenoxy) is 3. The Morgan fingerprint density at radius 2 is 2.06 bits per heavy atom. The minimum Gasteiger partial charge on any atom is -0.497 e. The Balaban J connectivity index is 2.26. The summed E-state index contributed by atoms with van der Waals surface area (Å²) in [6.45, 7) is 0. The highest BCUT2D eigenvalue weighted by Crippen LogP contribution is 2.35. The van der Waals surface area contributed by atoms with Crippen LogP contribution in [-0.2, 0) is 0 Å². The summed E-state index contributed by atoms with van der Waals surface area (Å²) >= 11 is 1.30. The van der Waals surface area contributed by atoms with Crippen molar-refractivity contribution in [2.75, 3.05) is 14.2 Å². The van der Waals surface area contributed by atoms with Gasteiger partial charge in [-0.05, 0) is 12.1 Å². The van der Waals surface area contributed by atoms with Gasteiger partial charge in [0.2, 0.25) is 5.06 Å². The molecule has 0 amide bonds. The molecule has 0 aliphatic carbocycles. The van der Waals surface area contributed by atoms with E-state index in [2.05, 4.69) is 10.5 Å². The van der Waals surface area contributed by atoms with E-state index < -0.39 is 0 Å². The van der Waals surface area contributed by atoms with Crippen molar-refractivity contribution in [3.8, 4) is 22.3 Å². The summed E-state index contributed by atoms with van der Waals surface area (Å²) < 4.78 is 15.9. The molecule has 0 spiro atoms. The van der Waals surface area contributed by atoms with Crippen molar-refractivity contribution in [2.45, 2.75) is 0 Å². The van der Waals surface area contributed by atoms with E-state index in [1.807, 2.05) is 6.07 Å². The van der Waals surface area contributed by atoms with Crippen LogP contribution in [0.2, 0.25) is 0 Å². The van der Waals surface area contributed by atoms with Crippen molar-refractivity contribution in [1.82, 2.24) is 4.98 Å². The molecule has 5 heteroatoms. The molecule has 0 saturated carbocycles. The molecule has 83 valence electrons. The molecule has 0 N–H and O–H groups in total. The average molecular weight is 236 g/mol. The van der Waals surface area contributed by atoms with Gasteiger partial charge in [-0.25, -0.2) is 4.98 Å². The van der Waals surface area contributed by atoms with Crippen LogP contribution in [0.3, 0.4) is 0 Å². The zero-order valence-corrected chi connectivity index (χ0v) is 9.71. The molecule has 0 aliphatic heterocycles. The Labute approximate surface area is 97.4 Å². The molecule has 0 aliphatic rings. The first-order chi connectivity index (χ1) is 7.83. The third-order valence-corrected chi connectivity index (χ3v) is 2.54. The third kappa shape index (κ3) is 2.25. The standard InChI is InChI=1S/C11H10NO3S/c1-13-8-3-4-9(10(5-8)14-2)15-11-6-12-7-16-11/h3-6H,1-2H3. The summed E-state index contributed by atoms with van der Waals surface area (Å²) in [5.74, 6) is 1.97. The van der Waals surface area contributed by atoms with Gasteiger partial charge in [-0.2, -0.15) is 0 Å². The Hall–Kier alpha value is -1.75. The number of aromatic nitrogens is 1. The van der Waals surface area contributed by atoms with E-state index in [9.17, 15) is 0 Å². The van der Waals surface area contributed by atoms with Gasteiger partial charge >= 0.3 is 0 Å². The van der Waals surface area contributed by atoms with E-state index in [0.29, 0.717) is 16.6 Å². The van der Waals surface area contributed by atoms with E-state index in [4.69, 9.17) is 14.2 Å². The largest absolute Gasteiger partial charge is 0.497 e.